The van der Waals surface area contributed by atoms with Gasteiger partial charge in [0, 0.05) is 5.69 Å². The number of nitrogens with zero attached hydrogens (tertiary/aromatic N) is 1. The van der Waals surface area contributed by atoms with Crippen LogP contribution in [-0.4, -0.2) is 42.2 Å². The van der Waals surface area contributed by atoms with E-state index < -0.39 is 17.1 Å². The molecule has 1 saturated heterocycles. The van der Waals surface area contributed by atoms with Gasteiger partial charge in [0.1, 0.15) is 18.9 Å². The Labute approximate surface area is 219 Å². The number of methoxy groups -OCH3 is 1. The Kier molecular flexibility index (Phi) is 8.48. The van der Waals surface area contributed by atoms with Gasteiger partial charge in [0.2, 0.25) is 5.91 Å². The summed E-state index contributed by atoms with van der Waals surface area (Å²) in [6.45, 7) is 2.38. The first-order chi connectivity index (χ1) is 18.0. The number of ether oxygens (including phenoxy) is 3. The van der Waals surface area contributed by atoms with E-state index in [1.165, 1.54) is 0 Å². The van der Waals surface area contributed by atoms with Crippen molar-refractivity contribution in [1.82, 2.24) is 4.90 Å². The monoisotopic (exact) mass is 518 g/mol. The van der Waals surface area contributed by atoms with E-state index in [1.807, 2.05) is 37.3 Å². The molecule has 0 aliphatic carbocycles. The summed E-state index contributed by atoms with van der Waals surface area (Å²) in [5, 5.41) is 2.18. The highest BCUT2D eigenvalue weighted by molar-refractivity contribution is 8.18. The molecule has 0 radical (unpaired) electrons. The van der Waals surface area contributed by atoms with Crippen molar-refractivity contribution in [3.05, 3.63) is 88.8 Å². The van der Waals surface area contributed by atoms with Gasteiger partial charge in [-0.25, -0.2) is 0 Å². The SMILES string of the molecule is CCOc1ccc(NC(=O)CN2C(=O)S/C(=C/c3ccc(OC)c(OCc4ccccc4)c3)C2=O)cc1. The van der Waals surface area contributed by atoms with Crippen LogP contribution in [0.15, 0.2) is 77.7 Å². The van der Waals surface area contributed by atoms with Gasteiger partial charge < -0.3 is 19.5 Å². The Morgan fingerprint density at radius 3 is 2.43 bits per heavy atom. The second kappa shape index (κ2) is 12.1. The van der Waals surface area contributed by atoms with Crippen LogP contribution in [0.25, 0.3) is 6.08 Å². The van der Waals surface area contributed by atoms with Crippen LogP contribution in [0.1, 0.15) is 18.1 Å². The van der Waals surface area contributed by atoms with Crippen LogP contribution >= 0.6 is 11.8 Å². The van der Waals surface area contributed by atoms with Crippen molar-refractivity contribution in [2.45, 2.75) is 13.5 Å². The molecule has 8 nitrogen and oxygen atoms in total. The Morgan fingerprint density at radius 1 is 0.973 bits per heavy atom. The molecule has 190 valence electrons. The molecule has 3 aromatic carbocycles. The molecule has 0 bridgehead atoms. The summed E-state index contributed by atoms with van der Waals surface area (Å²) in [4.78, 5) is 39.0. The number of rotatable bonds is 10. The molecule has 0 aromatic heterocycles. The van der Waals surface area contributed by atoms with Crippen LogP contribution in [0, 0.1) is 0 Å². The zero-order valence-corrected chi connectivity index (χ0v) is 21.2. The molecule has 1 aliphatic heterocycles. The maximum absolute atomic E-state index is 12.9. The second-order valence-corrected chi connectivity index (χ2v) is 8.95. The average Bonchev–Trinajstić information content (AvgIpc) is 3.16. The van der Waals surface area contributed by atoms with Crippen molar-refractivity contribution >= 4 is 40.6 Å². The largest absolute Gasteiger partial charge is 0.494 e. The predicted octanol–water partition coefficient (Wildman–Crippen LogP) is 5.35. The lowest BCUT2D eigenvalue weighted by Gasteiger charge is -2.13. The minimum Gasteiger partial charge on any atom is -0.494 e. The molecule has 0 unspecified atom stereocenters. The van der Waals surface area contributed by atoms with Crippen molar-refractivity contribution in [3.8, 4) is 17.2 Å². The normalized spacial score (nSPS) is 14.1. The quantitative estimate of drug-likeness (QED) is 0.362. The third-order valence-electron chi connectivity index (χ3n) is 5.35. The molecule has 9 heteroatoms. The fourth-order valence-corrected chi connectivity index (χ4v) is 4.40. The van der Waals surface area contributed by atoms with Crippen LogP contribution in [0.4, 0.5) is 10.5 Å². The van der Waals surface area contributed by atoms with Gasteiger partial charge in [-0.1, -0.05) is 36.4 Å². The lowest BCUT2D eigenvalue weighted by Crippen LogP contribution is -2.36. The number of carbonyl (C=O) groups is 3. The summed E-state index contributed by atoms with van der Waals surface area (Å²) in [5.41, 5.74) is 2.20. The Balaban J connectivity index is 1.42. The van der Waals surface area contributed by atoms with E-state index in [4.69, 9.17) is 14.2 Å². The first-order valence-electron chi connectivity index (χ1n) is 11.6. The summed E-state index contributed by atoms with van der Waals surface area (Å²) in [5.74, 6) is 0.734. The smallest absolute Gasteiger partial charge is 0.294 e. The molecule has 1 fully saturated rings. The Hall–Kier alpha value is -4.24. The number of benzene rings is 3. The number of imide groups is 1. The van der Waals surface area contributed by atoms with Crippen LogP contribution in [-0.2, 0) is 16.2 Å². The molecule has 0 atom stereocenters. The van der Waals surface area contributed by atoms with E-state index in [-0.39, 0.29) is 11.4 Å². The lowest BCUT2D eigenvalue weighted by atomic mass is 10.1. The maximum atomic E-state index is 12.9. The summed E-state index contributed by atoms with van der Waals surface area (Å²) >= 11 is 0.788. The van der Waals surface area contributed by atoms with E-state index in [2.05, 4.69) is 5.32 Å². The van der Waals surface area contributed by atoms with Gasteiger partial charge in [-0.05, 0) is 72.3 Å². The Morgan fingerprint density at radius 2 is 1.73 bits per heavy atom. The van der Waals surface area contributed by atoms with Crippen molar-refractivity contribution in [2.24, 2.45) is 0 Å². The van der Waals surface area contributed by atoms with Gasteiger partial charge in [-0.3, -0.25) is 19.3 Å². The minimum atomic E-state index is -0.528. The molecule has 4 rings (SSSR count). The number of hydrogen-bond donors (Lipinski definition) is 1. The van der Waals surface area contributed by atoms with Crippen LogP contribution in [0.2, 0.25) is 0 Å². The molecule has 1 heterocycles. The highest BCUT2D eigenvalue weighted by atomic mass is 32.2. The molecule has 0 saturated carbocycles. The molecular weight excluding hydrogens is 492 g/mol. The first-order valence-corrected chi connectivity index (χ1v) is 12.4. The van der Waals surface area contributed by atoms with Gasteiger partial charge in [-0.2, -0.15) is 0 Å². The molecule has 0 spiro atoms. The van der Waals surface area contributed by atoms with E-state index in [9.17, 15) is 14.4 Å². The zero-order chi connectivity index (χ0) is 26.2. The zero-order valence-electron chi connectivity index (χ0n) is 20.4. The second-order valence-electron chi connectivity index (χ2n) is 7.96. The summed E-state index contributed by atoms with van der Waals surface area (Å²) in [7, 11) is 1.55. The summed E-state index contributed by atoms with van der Waals surface area (Å²) in [6, 6.07) is 21.8. The van der Waals surface area contributed by atoms with Crippen molar-refractivity contribution < 1.29 is 28.6 Å². The van der Waals surface area contributed by atoms with E-state index in [1.54, 1.807) is 55.7 Å². The summed E-state index contributed by atoms with van der Waals surface area (Å²) in [6.07, 6.45) is 1.60. The van der Waals surface area contributed by atoms with E-state index in [0.717, 1.165) is 22.2 Å². The minimum absolute atomic E-state index is 0.220. The van der Waals surface area contributed by atoms with Crippen LogP contribution < -0.4 is 19.5 Å². The van der Waals surface area contributed by atoms with E-state index >= 15 is 0 Å². The maximum Gasteiger partial charge on any atom is 0.294 e. The number of thioether (sulfide) groups is 1. The molecule has 3 amide bonds. The Bertz CT molecular complexity index is 1310. The number of anilines is 1. The van der Waals surface area contributed by atoms with Gasteiger partial charge in [-0.15, -0.1) is 0 Å². The molecular formula is C28H26N2O6S. The number of hydrogen-bond acceptors (Lipinski definition) is 7. The highest BCUT2D eigenvalue weighted by Crippen LogP contribution is 2.35. The van der Waals surface area contributed by atoms with Crippen molar-refractivity contribution in [2.75, 3.05) is 25.6 Å². The average molecular weight is 519 g/mol. The van der Waals surface area contributed by atoms with Gasteiger partial charge in [0.25, 0.3) is 11.1 Å². The third kappa shape index (κ3) is 6.71. The first kappa shape index (κ1) is 25.8. The predicted molar refractivity (Wildman–Crippen MR) is 143 cm³/mol. The fourth-order valence-electron chi connectivity index (χ4n) is 3.56. The standard InChI is InChI=1S/C28H26N2O6S/c1-3-35-22-12-10-21(11-13-22)29-26(31)17-30-27(32)25(37-28(30)33)16-20-9-14-23(34-2)24(15-20)36-18-19-7-5-4-6-8-19/h4-16H,3,17-18H2,1-2H3,(H,29,31)/b25-16+. The third-order valence-corrected chi connectivity index (χ3v) is 6.25. The van der Waals surface area contributed by atoms with Gasteiger partial charge in [0.15, 0.2) is 11.5 Å². The van der Waals surface area contributed by atoms with Crippen molar-refractivity contribution in [3.63, 3.8) is 0 Å². The van der Waals surface area contributed by atoms with Crippen LogP contribution in [0.3, 0.4) is 0 Å². The molecule has 3 aromatic rings. The van der Waals surface area contributed by atoms with Gasteiger partial charge in [0.05, 0.1) is 18.6 Å². The number of amides is 3. The van der Waals surface area contributed by atoms with Gasteiger partial charge >= 0.3 is 0 Å². The molecule has 37 heavy (non-hydrogen) atoms. The molecule has 1 N–H and O–H groups in total. The summed E-state index contributed by atoms with van der Waals surface area (Å²) < 4.78 is 16.7. The van der Waals surface area contributed by atoms with Crippen molar-refractivity contribution in [1.29, 1.82) is 0 Å². The molecule has 1 aliphatic rings. The van der Waals surface area contributed by atoms with E-state index in [0.29, 0.717) is 41.7 Å². The lowest BCUT2D eigenvalue weighted by molar-refractivity contribution is -0.127. The highest BCUT2D eigenvalue weighted by Gasteiger charge is 2.36. The van der Waals surface area contributed by atoms with Crippen LogP contribution in [0.5, 0.6) is 17.2 Å². The topological polar surface area (TPSA) is 94.2 Å². The number of nitrogens with one attached hydrogen (secondary N) is 1. The fraction of sp³-hybridized carbons (Fsp3) is 0.179. The number of carbonyl (C=O) groups excluding carboxylic acids is 3.